The van der Waals surface area contributed by atoms with Crippen LogP contribution in [-0.2, 0) is 16.1 Å². The van der Waals surface area contributed by atoms with Crippen LogP contribution in [0.15, 0.2) is 47.6 Å². The highest BCUT2D eigenvalue weighted by atomic mass is 32.2. The number of primary amides is 1. The van der Waals surface area contributed by atoms with Gasteiger partial charge >= 0.3 is 0 Å². The zero-order valence-corrected chi connectivity index (χ0v) is 17.0. The number of carbonyl (C=O) groups is 2. The van der Waals surface area contributed by atoms with Gasteiger partial charge in [-0.3, -0.25) is 14.2 Å². The van der Waals surface area contributed by atoms with E-state index in [4.69, 9.17) is 5.73 Å². The lowest BCUT2D eigenvalue weighted by molar-refractivity contribution is -0.119. The highest BCUT2D eigenvalue weighted by molar-refractivity contribution is 7.99. The summed E-state index contributed by atoms with van der Waals surface area (Å²) in [6, 6.07) is 14.2. The summed E-state index contributed by atoms with van der Waals surface area (Å²) in [6.07, 6.45) is 2.09. The molecule has 1 aromatic heterocycles. The van der Waals surface area contributed by atoms with E-state index in [2.05, 4.69) is 39.8 Å². The Morgan fingerprint density at radius 3 is 2.69 bits per heavy atom. The van der Waals surface area contributed by atoms with Gasteiger partial charge in [-0.2, -0.15) is 0 Å². The molecule has 150 valence electrons. The predicted octanol–water partition coefficient (Wildman–Crippen LogP) is 2.76. The number of carbonyl (C=O) groups excluding carboxylic acids is 2. The second kappa shape index (κ2) is 8.24. The van der Waals surface area contributed by atoms with Crippen LogP contribution >= 0.6 is 11.8 Å². The first-order chi connectivity index (χ1) is 14.0. The summed E-state index contributed by atoms with van der Waals surface area (Å²) >= 11 is 1.27. The Bertz CT molecular complexity index is 1060. The number of hydrogen-bond acceptors (Lipinski definition) is 5. The molecule has 2 amide bonds. The van der Waals surface area contributed by atoms with Crippen molar-refractivity contribution in [3.63, 3.8) is 0 Å². The molecule has 1 unspecified atom stereocenters. The van der Waals surface area contributed by atoms with Crippen LogP contribution in [0.2, 0.25) is 0 Å². The van der Waals surface area contributed by atoms with Crippen molar-refractivity contribution in [2.75, 3.05) is 5.75 Å². The zero-order valence-electron chi connectivity index (χ0n) is 16.2. The Kier molecular flexibility index (Phi) is 5.53. The molecule has 3 N–H and O–H groups in total. The summed E-state index contributed by atoms with van der Waals surface area (Å²) in [5, 5.41) is 14.3. The van der Waals surface area contributed by atoms with E-state index in [1.54, 1.807) is 4.57 Å². The SMILES string of the molecule is CC(NC(=O)CSc1nnc(C2CC2)n1CC(N)=O)c1ccc2ccccc2c1. The van der Waals surface area contributed by atoms with Crippen molar-refractivity contribution in [2.24, 2.45) is 5.73 Å². The fourth-order valence-electron chi connectivity index (χ4n) is 3.33. The molecule has 1 saturated carbocycles. The number of rotatable bonds is 8. The van der Waals surface area contributed by atoms with Crippen LogP contribution < -0.4 is 11.1 Å². The third-order valence-electron chi connectivity index (χ3n) is 4.99. The minimum absolute atomic E-state index is 0.0380. The number of nitrogens with zero attached hydrogens (tertiary/aromatic N) is 3. The van der Waals surface area contributed by atoms with E-state index in [0.717, 1.165) is 29.6 Å². The summed E-state index contributed by atoms with van der Waals surface area (Å²) in [7, 11) is 0. The van der Waals surface area contributed by atoms with Crippen molar-refractivity contribution in [3.8, 4) is 0 Å². The Labute approximate surface area is 173 Å². The minimum Gasteiger partial charge on any atom is -0.368 e. The molecule has 1 fully saturated rings. The number of aromatic nitrogens is 3. The molecule has 1 aliphatic rings. The number of hydrogen-bond donors (Lipinski definition) is 2. The van der Waals surface area contributed by atoms with Gasteiger partial charge in [0.05, 0.1) is 11.8 Å². The number of benzene rings is 2. The summed E-state index contributed by atoms with van der Waals surface area (Å²) in [6.45, 7) is 2.00. The van der Waals surface area contributed by atoms with Gasteiger partial charge < -0.3 is 11.1 Å². The molecular weight excluding hydrogens is 386 g/mol. The lowest BCUT2D eigenvalue weighted by Crippen LogP contribution is -2.28. The van der Waals surface area contributed by atoms with Crippen molar-refractivity contribution in [2.45, 2.75) is 43.4 Å². The maximum atomic E-state index is 12.5. The normalized spacial score (nSPS) is 14.7. The third-order valence-corrected chi connectivity index (χ3v) is 5.95. The first-order valence-electron chi connectivity index (χ1n) is 9.63. The third kappa shape index (κ3) is 4.59. The average molecular weight is 410 g/mol. The number of nitrogens with two attached hydrogens (primary N) is 1. The topological polar surface area (TPSA) is 103 Å². The van der Waals surface area contributed by atoms with E-state index >= 15 is 0 Å². The molecule has 0 radical (unpaired) electrons. The highest BCUT2D eigenvalue weighted by Gasteiger charge is 2.31. The van der Waals surface area contributed by atoms with Crippen molar-refractivity contribution in [3.05, 3.63) is 53.9 Å². The fraction of sp³-hybridized carbons (Fsp3) is 0.333. The molecule has 0 bridgehead atoms. The maximum Gasteiger partial charge on any atom is 0.237 e. The Balaban J connectivity index is 1.39. The molecule has 1 aliphatic carbocycles. The Morgan fingerprint density at radius 2 is 1.97 bits per heavy atom. The number of nitrogens with one attached hydrogen (secondary N) is 1. The zero-order chi connectivity index (χ0) is 20.4. The van der Waals surface area contributed by atoms with Crippen molar-refractivity contribution in [1.29, 1.82) is 0 Å². The molecule has 1 heterocycles. The molecule has 0 saturated heterocycles. The number of amides is 2. The maximum absolute atomic E-state index is 12.5. The monoisotopic (exact) mass is 409 g/mol. The van der Waals surface area contributed by atoms with E-state index in [9.17, 15) is 9.59 Å². The van der Waals surface area contributed by atoms with E-state index in [1.165, 1.54) is 17.1 Å². The van der Waals surface area contributed by atoms with Crippen LogP contribution in [0, 0.1) is 0 Å². The van der Waals surface area contributed by atoms with E-state index < -0.39 is 5.91 Å². The van der Waals surface area contributed by atoms with Crippen LogP contribution in [0.3, 0.4) is 0 Å². The molecule has 1 atom stereocenters. The quantitative estimate of drug-likeness (QED) is 0.557. The van der Waals surface area contributed by atoms with Gasteiger partial charge in [0.2, 0.25) is 11.8 Å². The summed E-state index contributed by atoms with van der Waals surface area (Å²) < 4.78 is 1.74. The average Bonchev–Trinajstić information content (AvgIpc) is 3.47. The molecule has 8 heteroatoms. The van der Waals surface area contributed by atoms with Crippen LogP contribution in [-0.4, -0.2) is 32.3 Å². The van der Waals surface area contributed by atoms with Gasteiger partial charge in [-0.1, -0.05) is 48.2 Å². The Morgan fingerprint density at radius 1 is 1.21 bits per heavy atom. The van der Waals surface area contributed by atoms with E-state index in [1.807, 2.05) is 25.1 Å². The molecule has 7 nitrogen and oxygen atoms in total. The summed E-state index contributed by atoms with van der Waals surface area (Å²) in [4.78, 5) is 23.9. The number of fused-ring (bicyclic) bond motifs is 1. The van der Waals surface area contributed by atoms with E-state index in [-0.39, 0.29) is 24.2 Å². The van der Waals surface area contributed by atoms with Crippen molar-refractivity contribution >= 4 is 34.3 Å². The molecule has 29 heavy (non-hydrogen) atoms. The minimum atomic E-state index is -0.442. The van der Waals surface area contributed by atoms with E-state index in [0.29, 0.717) is 11.1 Å². The van der Waals surface area contributed by atoms with Gasteiger partial charge in [0.15, 0.2) is 5.16 Å². The molecule has 2 aromatic carbocycles. The molecule has 0 aliphatic heterocycles. The predicted molar refractivity (Wildman–Crippen MR) is 112 cm³/mol. The van der Waals surface area contributed by atoms with Crippen LogP contribution in [0.5, 0.6) is 0 Å². The van der Waals surface area contributed by atoms with Crippen LogP contribution in [0.25, 0.3) is 10.8 Å². The lowest BCUT2D eigenvalue weighted by atomic mass is 10.0. The highest BCUT2D eigenvalue weighted by Crippen LogP contribution is 2.40. The first-order valence-corrected chi connectivity index (χ1v) is 10.6. The lowest BCUT2D eigenvalue weighted by Gasteiger charge is -2.15. The van der Waals surface area contributed by atoms with Crippen molar-refractivity contribution in [1.82, 2.24) is 20.1 Å². The van der Waals surface area contributed by atoms with Crippen LogP contribution in [0.4, 0.5) is 0 Å². The second-order valence-electron chi connectivity index (χ2n) is 7.35. The van der Waals surface area contributed by atoms with Crippen LogP contribution in [0.1, 0.15) is 43.1 Å². The van der Waals surface area contributed by atoms with Crippen molar-refractivity contribution < 1.29 is 9.59 Å². The van der Waals surface area contributed by atoms with Gasteiger partial charge in [-0.25, -0.2) is 0 Å². The van der Waals surface area contributed by atoms with Gasteiger partial charge in [-0.05, 0) is 42.2 Å². The standard InChI is InChI=1S/C21H23N5O2S/c1-13(16-9-6-14-4-2-3-5-17(14)10-16)23-19(28)12-29-21-25-24-20(15-7-8-15)26(21)11-18(22)27/h2-6,9-10,13,15H,7-8,11-12H2,1H3,(H2,22,27)(H,23,28). The molecular formula is C21H23N5O2S. The smallest absolute Gasteiger partial charge is 0.237 e. The van der Waals surface area contributed by atoms with Gasteiger partial charge in [-0.15, -0.1) is 10.2 Å². The first kappa shape index (κ1) is 19.4. The molecule has 3 aromatic rings. The van der Waals surface area contributed by atoms with Gasteiger partial charge in [0.25, 0.3) is 0 Å². The van der Waals surface area contributed by atoms with Gasteiger partial charge in [0, 0.05) is 5.92 Å². The fourth-order valence-corrected chi connectivity index (χ4v) is 4.08. The molecule has 4 rings (SSSR count). The van der Waals surface area contributed by atoms with Gasteiger partial charge in [0.1, 0.15) is 12.4 Å². The summed E-state index contributed by atoms with van der Waals surface area (Å²) in [5.74, 6) is 0.786. The summed E-state index contributed by atoms with van der Waals surface area (Å²) in [5.41, 5.74) is 6.41. The largest absolute Gasteiger partial charge is 0.368 e. The molecule has 0 spiro atoms. The Hall–Kier alpha value is -2.87. The second-order valence-corrected chi connectivity index (χ2v) is 8.29. The number of thioether (sulfide) groups is 1.